The Morgan fingerprint density at radius 1 is 1.08 bits per heavy atom. The molecule has 4 rings (SSSR count). The molecule has 136 valence electrons. The first-order valence-electron chi connectivity index (χ1n) is 9.22. The van der Waals surface area contributed by atoms with Gasteiger partial charge in [-0.3, -0.25) is 4.90 Å². The highest BCUT2D eigenvalue weighted by Crippen LogP contribution is 2.26. The molecular formula is C21H25N3OS. The molecule has 0 radical (unpaired) electrons. The predicted octanol–water partition coefficient (Wildman–Crippen LogP) is 3.82. The number of aromatic nitrogens is 2. The molecule has 0 aliphatic carbocycles. The molecule has 2 aromatic carbocycles. The number of fused-ring (bicyclic) bond motifs is 1. The molecule has 0 unspecified atom stereocenters. The van der Waals surface area contributed by atoms with Gasteiger partial charge in [0, 0.05) is 36.8 Å². The van der Waals surface area contributed by atoms with E-state index in [-0.39, 0.29) is 0 Å². The first-order valence-corrected chi connectivity index (χ1v) is 10.2. The Bertz CT molecular complexity index is 871. The maximum Gasteiger partial charge on any atom is 0.0961 e. The number of para-hydroxylation sites is 2. The Morgan fingerprint density at radius 3 is 2.81 bits per heavy atom. The van der Waals surface area contributed by atoms with E-state index in [1.807, 2.05) is 24.2 Å². The number of hydrogen-bond acceptors (Lipinski definition) is 4. The second kappa shape index (κ2) is 8.25. The van der Waals surface area contributed by atoms with Crippen LogP contribution in [0.4, 0.5) is 0 Å². The third-order valence-electron chi connectivity index (χ3n) is 5.03. The average Bonchev–Trinajstić information content (AvgIpc) is 3.09. The van der Waals surface area contributed by atoms with Gasteiger partial charge < -0.3 is 9.30 Å². The van der Waals surface area contributed by atoms with Crippen LogP contribution in [0.15, 0.2) is 53.7 Å². The number of morpholine rings is 1. The van der Waals surface area contributed by atoms with Gasteiger partial charge in [-0.05, 0) is 36.2 Å². The number of imidazole rings is 1. The molecule has 0 saturated carbocycles. The Kier molecular flexibility index (Phi) is 5.58. The van der Waals surface area contributed by atoms with E-state index in [1.54, 1.807) is 0 Å². The lowest BCUT2D eigenvalue weighted by atomic mass is 10.1. The van der Waals surface area contributed by atoms with Crippen molar-refractivity contribution in [1.29, 1.82) is 0 Å². The SMILES string of the molecule is Cc1c(Cn2cnc3ccccc32)cccc1SCCN1CCOCC1. The molecule has 1 saturated heterocycles. The standard InChI is InChI=1S/C21H25N3OS/c1-17-18(15-24-16-22-19-6-2-3-7-20(19)24)5-4-8-21(17)26-14-11-23-9-12-25-13-10-23/h2-8,16H,9-15H2,1H3. The van der Waals surface area contributed by atoms with Gasteiger partial charge in [0.05, 0.1) is 30.6 Å². The summed E-state index contributed by atoms with van der Waals surface area (Å²) in [6, 6.07) is 15.0. The Labute approximate surface area is 159 Å². The molecule has 4 nitrogen and oxygen atoms in total. The molecule has 0 bridgehead atoms. The minimum Gasteiger partial charge on any atom is -0.379 e. The van der Waals surface area contributed by atoms with Gasteiger partial charge in [-0.15, -0.1) is 11.8 Å². The Morgan fingerprint density at radius 2 is 1.92 bits per heavy atom. The minimum atomic E-state index is 0.865. The fraction of sp³-hybridized carbons (Fsp3) is 0.381. The van der Waals surface area contributed by atoms with Crippen LogP contribution in [0.3, 0.4) is 0 Å². The number of ether oxygens (including phenoxy) is 1. The second-order valence-corrected chi connectivity index (χ2v) is 7.84. The highest BCUT2D eigenvalue weighted by atomic mass is 32.2. The third-order valence-corrected chi connectivity index (χ3v) is 6.17. The number of hydrogen-bond donors (Lipinski definition) is 0. The lowest BCUT2D eigenvalue weighted by Gasteiger charge is -2.26. The molecule has 0 amide bonds. The smallest absolute Gasteiger partial charge is 0.0961 e. The molecule has 1 aromatic heterocycles. The van der Waals surface area contributed by atoms with Crippen molar-refractivity contribution in [3.63, 3.8) is 0 Å². The third kappa shape index (κ3) is 3.95. The van der Waals surface area contributed by atoms with Crippen LogP contribution in [0, 0.1) is 6.92 Å². The van der Waals surface area contributed by atoms with Crippen LogP contribution in [-0.4, -0.2) is 53.1 Å². The van der Waals surface area contributed by atoms with Gasteiger partial charge >= 0.3 is 0 Å². The number of benzene rings is 2. The van der Waals surface area contributed by atoms with Gasteiger partial charge in [-0.25, -0.2) is 4.98 Å². The van der Waals surface area contributed by atoms with Crippen molar-refractivity contribution in [2.24, 2.45) is 0 Å². The van der Waals surface area contributed by atoms with Gasteiger partial charge in [0.1, 0.15) is 0 Å². The van der Waals surface area contributed by atoms with E-state index in [9.17, 15) is 0 Å². The Balaban J connectivity index is 1.43. The predicted molar refractivity (Wildman–Crippen MR) is 108 cm³/mol. The molecular weight excluding hydrogens is 342 g/mol. The maximum absolute atomic E-state index is 5.42. The molecule has 0 N–H and O–H groups in total. The molecule has 3 aromatic rings. The molecule has 2 heterocycles. The van der Waals surface area contributed by atoms with Gasteiger partial charge in [-0.1, -0.05) is 24.3 Å². The summed E-state index contributed by atoms with van der Waals surface area (Å²) in [6.45, 7) is 8.11. The quantitative estimate of drug-likeness (QED) is 0.620. The second-order valence-electron chi connectivity index (χ2n) is 6.70. The largest absolute Gasteiger partial charge is 0.379 e. The molecule has 1 aliphatic rings. The molecule has 1 fully saturated rings. The summed E-state index contributed by atoms with van der Waals surface area (Å²) < 4.78 is 7.66. The molecule has 0 atom stereocenters. The van der Waals surface area contributed by atoms with Crippen molar-refractivity contribution in [2.75, 3.05) is 38.6 Å². The normalized spacial score (nSPS) is 15.6. The summed E-state index contributed by atoms with van der Waals surface area (Å²) in [7, 11) is 0. The van der Waals surface area contributed by atoms with E-state index in [4.69, 9.17) is 4.74 Å². The van der Waals surface area contributed by atoms with Crippen LogP contribution in [0.5, 0.6) is 0 Å². The molecule has 1 aliphatic heterocycles. The summed E-state index contributed by atoms with van der Waals surface area (Å²) in [6.07, 6.45) is 1.95. The fourth-order valence-electron chi connectivity index (χ4n) is 3.42. The van der Waals surface area contributed by atoms with Crippen molar-refractivity contribution in [1.82, 2.24) is 14.5 Å². The lowest BCUT2D eigenvalue weighted by Crippen LogP contribution is -2.37. The van der Waals surface area contributed by atoms with Crippen molar-refractivity contribution in [2.45, 2.75) is 18.4 Å². The van der Waals surface area contributed by atoms with Crippen LogP contribution in [-0.2, 0) is 11.3 Å². The van der Waals surface area contributed by atoms with E-state index in [1.165, 1.54) is 21.5 Å². The zero-order valence-corrected chi connectivity index (χ0v) is 16.0. The monoisotopic (exact) mass is 367 g/mol. The van der Waals surface area contributed by atoms with Crippen LogP contribution >= 0.6 is 11.8 Å². The van der Waals surface area contributed by atoms with Gasteiger partial charge in [0.25, 0.3) is 0 Å². The van der Waals surface area contributed by atoms with Crippen LogP contribution in [0.1, 0.15) is 11.1 Å². The zero-order valence-electron chi connectivity index (χ0n) is 15.2. The molecule has 5 heteroatoms. The Hall–Kier alpha value is -1.82. The van der Waals surface area contributed by atoms with Crippen molar-refractivity contribution in [3.8, 4) is 0 Å². The zero-order chi connectivity index (χ0) is 17.8. The summed E-state index contributed by atoms with van der Waals surface area (Å²) >= 11 is 1.96. The summed E-state index contributed by atoms with van der Waals surface area (Å²) in [5.74, 6) is 1.12. The van der Waals surface area contributed by atoms with Crippen LogP contribution in [0.2, 0.25) is 0 Å². The van der Waals surface area contributed by atoms with Gasteiger partial charge in [0.15, 0.2) is 0 Å². The lowest BCUT2D eigenvalue weighted by molar-refractivity contribution is 0.0410. The van der Waals surface area contributed by atoms with Crippen molar-refractivity contribution < 1.29 is 4.74 Å². The van der Waals surface area contributed by atoms with Crippen LogP contribution < -0.4 is 0 Å². The van der Waals surface area contributed by atoms with Crippen molar-refractivity contribution >= 4 is 22.8 Å². The first kappa shape index (κ1) is 17.6. The highest BCUT2D eigenvalue weighted by Gasteiger charge is 2.11. The van der Waals surface area contributed by atoms with E-state index < -0.39 is 0 Å². The molecule has 0 spiro atoms. The van der Waals surface area contributed by atoms with Gasteiger partial charge in [0.2, 0.25) is 0 Å². The van der Waals surface area contributed by atoms with E-state index >= 15 is 0 Å². The summed E-state index contributed by atoms with van der Waals surface area (Å²) in [5, 5.41) is 0. The maximum atomic E-state index is 5.42. The average molecular weight is 368 g/mol. The number of nitrogens with zero attached hydrogens (tertiary/aromatic N) is 3. The van der Waals surface area contributed by atoms with Crippen molar-refractivity contribution in [3.05, 3.63) is 59.9 Å². The summed E-state index contributed by atoms with van der Waals surface area (Å²) in [4.78, 5) is 8.39. The number of thioether (sulfide) groups is 1. The minimum absolute atomic E-state index is 0.865. The van der Waals surface area contributed by atoms with E-state index in [0.29, 0.717) is 0 Å². The summed E-state index contributed by atoms with van der Waals surface area (Å²) in [5.41, 5.74) is 5.00. The molecule has 26 heavy (non-hydrogen) atoms. The number of rotatable bonds is 6. The van der Waals surface area contributed by atoms with Crippen LogP contribution in [0.25, 0.3) is 11.0 Å². The van der Waals surface area contributed by atoms with E-state index in [0.717, 1.165) is 50.7 Å². The highest BCUT2D eigenvalue weighted by molar-refractivity contribution is 7.99. The van der Waals surface area contributed by atoms with E-state index in [2.05, 4.69) is 57.8 Å². The topological polar surface area (TPSA) is 30.3 Å². The van der Waals surface area contributed by atoms with Gasteiger partial charge in [-0.2, -0.15) is 0 Å². The first-order chi connectivity index (χ1) is 12.8. The fourth-order valence-corrected chi connectivity index (χ4v) is 4.51.